The zero-order chi connectivity index (χ0) is 39.5. The van der Waals surface area contributed by atoms with Gasteiger partial charge in [-0.25, -0.2) is 14.4 Å². The number of aliphatic hydroxyl groups is 2. The molecule has 0 bridgehead atoms. The summed E-state index contributed by atoms with van der Waals surface area (Å²) in [6, 6.07) is 22.1. The summed E-state index contributed by atoms with van der Waals surface area (Å²) in [4.78, 5) is 67.8. The number of aliphatic carboxylic acids is 2. The Morgan fingerprint density at radius 2 is 1.18 bits per heavy atom. The van der Waals surface area contributed by atoms with E-state index in [0.717, 1.165) is 88.5 Å². The number of ketones is 2. The van der Waals surface area contributed by atoms with Crippen LogP contribution in [-0.4, -0.2) is 134 Å². The van der Waals surface area contributed by atoms with E-state index in [-0.39, 0.29) is 11.5 Å². The number of carbonyl (C=O) groups excluding carboxylic acids is 3. The molecule has 14 nitrogen and oxygen atoms in total. The average Bonchev–Trinajstić information content (AvgIpc) is 3.75. The lowest BCUT2D eigenvalue weighted by atomic mass is 9.73. The molecular weight excluding hydrogens is 710 g/mol. The first-order chi connectivity index (χ1) is 25.8. The highest BCUT2D eigenvalue weighted by molar-refractivity contribution is 6.28. The van der Waals surface area contributed by atoms with Gasteiger partial charge in [0, 0.05) is 49.9 Å². The van der Waals surface area contributed by atoms with Crippen molar-refractivity contribution in [1.82, 2.24) is 14.7 Å². The number of piperidine rings is 1. The lowest BCUT2D eigenvalue weighted by Gasteiger charge is -2.38. The van der Waals surface area contributed by atoms with Crippen molar-refractivity contribution >= 4 is 29.5 Å². The number of urea groups is 1. The van der Waals surface area contributed by atoms with E-state index in [0.29, 0.717) is 12.0 Å². The molecule has 3 aromatic carbocycles. The molecule has 55 heavy (non-hydrogen) atoms. The molecule has 0 aromatic heterocycles. The molecule has 0 saturated carbocycles. The Hall–Kier alpha value is -5.15. The monoisotopic (exact) mass is 763 g/mol. The zero-order valence-electron chi connectivity index (χ0n) is 31.6. The maximum Gasteiger partial charge on any atom is 0.348 e. The molecule has 5 rings (SSSR count). The number of methoxy groups -OCH3 is 1. The van der Waals surface area contributed by atoms with Crippen LogP contribution in [0.1, 0.15) is 65.8 Å². The van der Waals surface area contributed by atoms with Gasteiger partial charge in [-0.05, 0) is 69.2 Å². The van der Waals surface area contributed by atoms with E-state index < -0.39 is 45.8 Å². The fourth-order valence-electron chi connectivity index (χ4n) is 7.03. The molecule has 0 spiro atoms. The van der Waals surface area contributed by atoms with Crippen LogP contribution in [0.3, 0.4) is 0 Å². The Kier molecular flexibility index (Phi) is 16.1. The van der Waals surface area contributed by atoms with Crippen molar-refractivity contribution in [2.45, 2.75) is 63.2 Å². The molecule has 2 saturated heterocycles. The van der Waals surface area contributed by atoms with Crippen LogP contribution in [0.2, 0.25) is 0 Å². The predicted octanol–water partition coefficient (Wildman–Crippen LogP) is 3.43. The number of rotatable bonds is 14. The van der Waals surface area contributed by atoms with Crippen molar-refractivity contribution in [1.29, 1.82) is 0 Å². The van der Waals surface area contributed by atoms with Gasteiger partial charge >= 0.3 is 18.0 Å². The molecule has 3 unspecified atom stereocenters. The van der Waals surface area contributed by atoms with Gasteiger partial charge in [0.1, 0.15) is 5.75 Å². The van der Waals surface area contributed by atoms with Crippen molar-refractivity contribution in [3.8, 4) is 5.75 Å². The van der Waals surface area contributed by atoms with Gasteiger partial charge in [-0.2, -0.15) is 0 Å². The van der Waals surface area contributed by atoms with Crippen LogP contribution in [0.5, 0.6) is 5.75 Å². The number of likely N-dealkylation sites (N-methyl/N-ethyl adjacent to an activating group) is 1. The SMILES string of the molecule is CCN(CC1CCN(C(=O)N2CCCC2)CC1)C(C)Cc1ccc(OC)cc1.O.O=C(O)C(O)(C(=O)c1ccccc1)C(O)(C(=O)O)C(=O)c1ccccc1. The summed E-state index contributed by atoms with van der Waals surface area (Å²) >= 11 is 0. The minimum absolute atomic E-state index is 0. The van der Waals surface area contributed by atoms with E-state index in [9.17, 15) is 44.4 Å². The third-order valence-electron chi connectivity index (χ3n) is 10.3. The summed E-state index contributed by atoms with van der Waals surface area (Å²) in [5, 5.41) is 39.9. The maximum absolute atomic E-state index is 12.6. The Morgan fingerprint density at radius 3 is 1.58 bits per heavy atom. The van der Waals surface area contributed by atoms with Gasteiger partial charge < -0.3 is 45.3 Å². The first kappa shape index (κ1) is 44.2. The first-order valence-corrected chi connectivity index (χ1v) is 18.3. The van der Waals surface area contributed by atoms with E-state index in [1.807, 2.05) is 17.0 Å². The van der Waals surface area contributed by atoms with E-state index >= 15 is 0 Å². The fourth-order valence-corrected chi connectivity index (χ4v) is 7.03. The molecule has 0 aliphatic carbocycles. The first-order valence-electron chi connectivity index (χ1n) is 18.3. The fraction of sp³-hybridized carbons (Fsp3) is 0.439. The third-order valence-corrected chi connectivity index (χ3v) is 10.3. The quantitative estimate of drug-likeness (QED) is 0.138. The van der Waals surface area contributed by atoms with Gasteiger partial charge in [0.2, 0.25) is 11.6 Å². The van der Waals surface area contributed by atoms with Crippen molar-refractivity contribution in [3.05, 3.63) is 102 Å². The van der Waals surface area contributed by atoms with Gasteiger partial charge in [0.15, 0.2) is 0 Å². The summed E-state index contributed by atoms with van der Waals surface area (Å²) in [5.74, 6) is -6.42. The summed E-state index contributed by atoms with van der Waals surface area (Å²) < 4.78 is 5.26. The number of ether oxygens (including phenoxy) is 1. The van der Waals surface area contributed by atoms with E-state index in [4.69, 9.17) is 4.74 Å². The van der Waals surface area contributed by atoms with E-state index in [1.165, 1.54) is 54.8 Å². The van der Waals surface area contributed by atoms with Crippen molar-refractivity contribution in [3.63, 3.8) is 0 Å². The molecule has 298 valence electrons. The highest BCUT2D eigenvalue weighted by atomic mass is 16.5. The largest absolute Gasteiger partial charge is 0.497 e. The van der Waals surface area contributed by atoms with Crippen LogP contribution in [0.25, 0.3) is 0 Å². The van der Waals surface area contributed by atoms with Crippen LogP contribution in [0, 0.1) is 5.92 Å². The highest BCUT2D eigenvalue weighted by Gasteiger charge is 2.69. The number of Topliss-reactive ketones (excluding diaryl/α,β-unsaturated/α-hetero) is 2. The lowest BCUT2D eigenvalue weighted by Crippen LogP contribution is -2.71. The second-order valence-corrected chi connectivity index (χ2v) is 13.8. The number of carboxylic acid groups (broad SMARTS) is 2. The van der Waals surface area contributed by atoms with Crippen LogP contribution in [-0.2, 0) is 16.0 Å². The lowest BCUT2D eigenvalue weighted by molar-refractivity contribution is -0.187. The molecule has 2 heterocycles. The van der Waals surface area contributed by atoms with Gasteiger partial charge in [-0.1, -0.05) is 79.7 Å². The van der Waals surface area contributed by atoms with Crippen LogP contribution in [0.4, 0.5) is 4.79 Å². The summed E-state index contributed by atoms with van der Waals surface area (Å²) in [6.45, 7) is 10.5. The van der Waals surface area contributed by atoms with Crippen molar-refractivity contribution in [2.24, 2.45) is 5.92 Å². The topological polar surface area (TPSA) is 217 Å². The molecule has 3 atom stereocenters. The Balaban J connectivity index is 0.000000291. The smallest absolute Gasteiger partial charge is 0.348 e. The number of likely N-dealkylation sites (tertiary alicyclic amines) is 2. The minimum atomic E-state index is -3.95. The zero-order valence-corrected chi connectivity index (χ0v) is 31.6. The predicted molar refractivity (Wildman–Crippen MR) is 204 cm³/mol. The number of benzene rings is 3. The van der Waals surface area contributed by atoms with E-state index in [1.54, 1.807) is 7.11 Å². The molecule has 0 radical (unpaired) electrons. The summed E-state index contributed by atoms with van der Waals surface area (Å²) in [5.41, 5.74) is -7.33. The molecule has 3 aromatic rings. The highest BCUT2D eigenvalue weighted by Crippen LogP contribution is 2.32. The van der Waals surface area contributed by atoms with Crippen LogP contribution in [0.15, 0.2) is 84.9 Å². The maximum atomic E-state index is 12.6. The molecule has 6 N–H and O–H groups in total. The van der Waals surface area contributed by atoms with Gasteiger partial charge in [-0.15, -0.1) is 0 Å². The normalized spacial score (nSPS) is 17.1. The van der Waals surface area contributed by atoms with Gasteiger partial charge in [0.05, 0.1) is 7.11 Å². The molecule has 14 heteroatoms. The number of carbonyl (C=O) groups is 5. The number of hydrogen-bond donors (Lipinski definition) is 4. The van der Waals surface area contributed by atoms with Gasteiger partial charge in [0.25, 0.3) is 11.2 Å². The molecule has 2 fully saturated rings. The van der Waals surface area contributed by atoms with Crippen molar-refractivity contribution < 1.29 is 54.6 Å². The Bertz CT molecular complexity index is 1650. The van der Waals surface area contributed by atoms with E-state index in [2.05, 4.69) is 35.8 Å². The Morgan fingerprint density at radius 1 is 0.745 bits per heavy atom. The second-order valence-electron chi connectivity index (χ2n) is 13.8. The molecular formula is C41H53N3O11. The minimum Gasteiger partial charge on any atom is -0.497 e. The van der Waals surface area contributed by atoms with Crippen LogP contribution >= 0.6 is 0 Å². The molecule has 2 aliphatic heterocycles. The standard InChI is InChI=1S/C23H37N3O2.C18H14O8.H2O/c1-4-24(19(2)17-20-7-9-22(28-3)10-8-20)18-21-11-15-26(16-12-21)23(27)25-13-5-6-14-25;19-13(11-7-3-1-4-8-11)17(25,15(21)22)18(26,16(23)24)14(20)12-9-5-2-6-10-12;/h7-10,19,21H,4-6,11-18H2,1-3H3;1-10,25-26H,(H,21,22)(H,23,24);1H2. The summed E-state index contributed by atoms with van der Waals surface area (Å²) in [6.07, 6.45) is 5.65. The average molecular weight is 764 g/mol. The second kappa shape index (κ2) is 20.0. The third kappa shape index (κ3) is 10.1. The summed E-state index contributed by atoms with van der Waals surface area (Å²) in [7, 11) is 1.71. The molecule has 2 aliphatic rings. The number of amides is 2. The number of hydrogen-bond acceptors (Lipinski definition) is 9. The Labute approximate surface area is 321 Å². The number of nitrogens with zero attached hydrogens (tertiary/aromatic N) is 3. The molecule has 2 amide bonds. The van der Waals surface area contributed by atoms with Crippen LogP contribution < -0.4 is 4.74 Å². The van der Waals surface area contributed by atoms with Gasteiger partial charge in [-0.3, -0.25) is 9.59 Å². The van der Waals surface area contributed by atoms with Crippen molar-refractivity contribution in [2.75, 3.05) is 46.4 Å². The number of carboxylic acids is 2.